The highest BCUT2D eigenvalue weighted by molar-refractivity contribution is 5.96. The Labute approximate surface area is 153 Å². The Balaban J connectivity index is 1.85. The van der Waals surface area contributed by atoms with Gasteiger partial charge in [-0.2, -0.15) is 0 Å². The van der Waals surface area contributed by atoms with E-state index >= 15 is 0 Å². The number of hydrogen-bond donors (Lipinski definition) is 2. The van der Waals surface area contributed by atoms with Crippen LogP contribution in [0.15, 0.2) is 42.0 Å². The lowest BCUT2D eigenvalue weighted by Gasteiger charge is -2.46. The largest absolute Gasteiger partial charge is 0.478 e. The zero-order chi connectivity index (χ0) is 18.3. The first-order valence-corrected chi connectivity index (χ1v) is 9.49. The molecule has 0 spiro atoms. The van der Waals surface area contributed by atoms with E-state index < -0.39 is 17.4 Å². The molecule has 0 bridgehead atoms. The smallest absolute Gasteiger partial charge is 0.332 e. The summed E-state index contributed by atoms with van der Waals surface area (Å²) < 4.78 is 0. The molecule has 4 rings (SSSR count). The highest BCUT2D eigenvalue weighted by atomic mass is 16.4. The molecule has 0 aromatic heterocycles. The van der Waals surface area contributed by atoms with Gasteiger partial charge in [-0.25, -0.2) is 9.59 Å². The van der Waals surface area contributed by atoms with Gasteiger partial charge in [0.25, 0.3) is 0 Å². The number of carbonyl (C=O) groups is 2. The molecule has 5 heteroatoms. The lowest BCUT2D eigenvalue weighted by Crippen LogP contribution is -2.44. The predicted molar refractivity (Wildman–Crippen MR) is 96.9 cm³/mol. The Bertz CT molecular complexity index is 740. The highest BCUT2D eigenvalue weighted by Crippen LogP contribution is 2.59. The molecule has 5 nitrogen and oxygen atoms in total. The topological polar surface area (TPSA) is 77.8 Å². The van der Waals surface area contributed by atoms with Crippen molar-refractivity contribution in [3.05, 3.63) is 47.5 Å². The number of nitrogens with zero attached hydrogens (tertiary/aromatic N) is 1. The zero-order valence-electron chi connectivity index (χ0n) is 14.8. The molecule has 2 aliphatic carbocycles. The zero-order valence-corrected chi connectivity index (χ0v) is 14.8. The number of carboxylic acids is 2. The van der Waals surface area contributed by atoms with Gasteiger partial charge in [0.1, 0.15) is 0 Å². The van der Waals surface area contributed by atoms with E-state index in [0.717, 1.165) is 37.4 Å². The number of aliphatic carboxylic acids is 2. The van der Waals surface area contributed by atoms with Gasteiger partial charge in [-0.05, 0) is 43.1 Å². The molecule has 1 aromatic rings. The molecule has 2 N–H and O–H groups in total. The number of rotatable bonds is 5. The lowest BCUT2D eigenvalue weighted by molar-refractivity contribution is -0.137. The maximum absolute atomic E-state index is 12.2. The summed E-state index contributed by atoms with van der Waals surface area (Å²) in [5, 5.41) is 19.3. The van der Waals surface area contributed by atoms with E-state index in [2.05, 4.69) is 17.0 Å². The van der Waals surface area contributed by atoms with Crippen molar-refractivity contribution in [2.75, 3.05) is 13.1 Å². The van der Waals surface area contributed by atoms with Crippen LogP contribution in [0.5, 0.6) is 0 Å². The van der Waals surface area contributed by atoms with Crippen LogP contribution in [0.3, 0.4) is 0 Å². The van der Waals surface area contributed by atoms with Gasteiger partial charge in [-0.3, -0.25) is 4.90 Å². The Morgan fingerprint density at radius 3 is 2.42 bits per heavy atom. The minimum Gasteiger partial charge on any atom is -0.478 e. The minimum absolute atomic E-state index is 0.0490. The molecule has 3 atom stereocenters. The standard InChI is InChI=1S/C21H25NO4/c23-19(24)11-18(20(25)26)21-13-22(16-9-10-16)12-15(21)7-4-8-17(21)14-5-2-1-3-6-14/h1-3,5-6,11,15-17H,4,7-10,12-13H2,(H,23,24)(H,25,26)/t15-,17-,21+/m1/s1. The molecule has 2 saturated carbocycles. The molecule has 0 amide bonds. The van der Waals surface area contributed by atoms with E-state index in [1.54, 1.807) is 0 Å². The van der Waals surface area contributed by atoms with Gasteiger partial charge < -0.3 is 10.2 Å². The maximum atomic E-state index is 12.2. The molecule has 26 heavy (non-hydrogen) atoms. The third-order valence-electron chi connectivity index (χ3n) is 6.58. The fraction of sp³-hybridized carbons (Fsp3) is 0.524. The molecule has 3 aliphatic rings. The second-order valence-corrected chi connectivity index (χ2v) is 7.99. The lowest BCUT2D eigenvalue weighted by atomic mass is 9.56. The summed E-state index contributed by atoms with van der Waals surface area (Å²) in [4.78, 5) is 26.1. The molecular formula is C21H25NO4. The van der Waals surface area contributed by atoms with E-state index in [-0.39, 0.29) is 17.4 Å². The van der Waals surface area contributed by atoms with Gasteiger partial charge in [0.2, 0.25) is 0 Å². The van der Waals surface area contributed by atoms with Crippen molar-refractivity contribution in [3.8, 4) is 0 Å². The average Bonchev–Trinajstić information content (AvgIpc) is 3.39. The van der Waals surface area contributed by atoms with E-state index in [1.165, 1.54) is 12.8 Å². The van der Waals surface area contributed by atoms with Crippen molar-refractivity contribution >= 4 is 11.9 Å². The van der Waals surface area contributed by atoms with Gasteiger partial charge in [-0.15, -0.1) is 0 Å². The fourth-order valence-electron chi connectivity index (χ4n) is 5.42. The van der Waals surface area contributed by atoms with Crippen LogP contribution in [0, 0.1) is 11.3 Å². The van der Waals surface area contributed by atoms with Crippen molar-refractivity contribution in [1.29, 1.82) is 0 Å². The summed E-state index contributed by atoms with van der Waals surface area (Å²) in [6, 6.07) is 10.6. The molecule has 1 saturated heterocycles. The highest BCUT2D eigenvalue weighted by Gasteiger charge is 2.58. The van der Waals surface area contributed by atoms with E-state index in [0.29, 0.717) is 12.6 Å². The number of hydrogen-bond acceptors (Lipinski definition) is 3. The van der Waals surface area contributed by atoms with Crippen LogP contribution in [0.1, 0.15) is 43.6 Å². The second kappa shape index (κ2) is 6.54. The third kappa shape index (κ3) is 2.84. The second-order valence-electron chi connectivity index (χ2n) is 7.99. The molecule has 0 unspecified atom stereocenters. The van der Waals surface area contributed by atoms with Crippen LogP contribution < -0.4 is 0 Å². The predicted octanol–water partition coefficient (Wildman–Crippen LogP) is 3.13. The van der Waals surface area contributed by atoms with Crippen LogP contribution in [0.2, 0.25) is 0 Å². The first-order chi connectivity index (χ1) is 12.5. The van der Waals surface area contributed by atoms with Crippen LogP contribution in [0.4, 0.5) is 0 Å². The average molecular weight is 355 g/mol. The van der Waals surface area contributed by atoms with E-state index in [1.807, 2.05) is 18.2 Å². The van der Waals surface area contributed by atoms with E-state index in [9.17, 15) is 19.8 Å². The Morgan fingerprint density at radius 2 is 1.81 bits per heavy atom. The van der Waals surface area contributed by atoms with E-state index in [4.69, 9.17) is 0 Å². The first kappa shape index (κ1) is 17.3. The van der Waals surface area contributed by atoms with Crippen molar-refractivity contribution in [3.63, 3.8) is 0 Å². The van der Waals surface area contributed by atoms with Gasteiger partial charge in [0.05, 0.1) is 5.57 Å². The molecule has 1 heterocycles. The molecule has 0 radical (unpaired) electrons. The fourth-order valence-corrected chi connectivity index (χ4v) is 5.42. The first-order valence-electron chi connectivity index (χ1n) is 9.49. The number of benzene rings is 1. The van der Waals surface area contributed by atoms with Gasteiger partial charge in [0, 0.05) is 30.6 Å². The molecule has 1 aromatic carbocycles. The van der Waals surface area contributed by atoms with Crippen LogP contribution in [-0.4, -0.2) is 46.2 Å². The van der Waals surface area contributed by atoms with Crippen molar-refractivity contribution in [2.24, 2.45) is 11.3 Å². The summed E-state index contributed by atoms with van der Waals surface area (Å²) >= 11 is 0. The summed E-state index contributed by atoms with van der Waals surface area (Å²) in [6.45, 7) is 1.55. The number of carboxylic acid groups (broad SMARTS) is 2. The summed E-state index contributed by atoms with van der Waals surface area (Å²) in [5.41, 5.74) is 0.603. The molecule has 1 aliphatic heterocycles. The quantitative estimate of drug-likeness (QED) is 0.794. The van der Waals surface area contributed by atoms with Crippen molar-refractivity contribution in [2.45, 2.75) is 44.1 Å². The Morgan fingerprint density at radius 1 is 1.08 bits per heavy atom. The van der Waals surface area contributed by atoms with Crippen molar-refractivity contribution in [1.82, 2.24) is 4.90 Å². The Kier molecular flexibility index (Phi) is 4.35. The van der Waals surface area contributed by atoms with Crippen molar-refractivity contribution < 1.29 is 19.8 Å². The number of likely N-dealkylation sites (tertiary alicyclic amines) is 1. The molecular weight excluding hydrogens is 330 g/mol. The van der Waals surface area contributed by atoms with Crippen LogP contribution in [-0.2, 0) is 9.59 Å². The minimum atomic E-state index is -1.17. The Hall–Kier alpha value is -2.14. The summed E-state index contributed by atoms with van der Waals surface area (Å²) in [5.74, 6) is -2.01. The molecule has 3 fully saturated rings. The third-order valence-corrected chi connectivity index (χ3v) is 6.58. The monoisotopic (exact) mass is 355 g/mol. The normalized spacial score (nSPS) is 32.2. The van der Waals surface area contributed by atoms with Crippen LogP contribution in [0.25, 0.3) is 0 Å². The molecule has 138 valence electrons. The van der Waals surface area contributed by atoms with Gasteiger partial charge in [-0.1, -0.05) is 36.8 Å². The van der Waals surface area contributed by atoms with Gasteiger partial charge >= 0.3 is 11.9 Å². The number of fused-ring (bicyclic) bond motifs is 1. The summed E-state index contributed by atoms with van der Waals surface area (Å²) in [7, 11) is 0. The van der Waals surface area contributed by atoms with Crippen LogP contribution >= 0.6 is 0 Å². The van der Waals surface area contributed by atoms with Gasteiger partial charge in [0.15, 0.2) is 0 Å². The maximum Gasteiger partial charge on any atom is 0.332 e. The summed E-state index contributed by atoms with van der Waals surface area (Å²) in [6.07, 6.45) is 6.24. The SMILES string of the molecule is O=C(O)C=C(C(=O)O)[C@@]12CN(C3CC3)C[C@H]1CCC[C@@H]2c1ccccc1.